The molecule has 2 atom stereocenters. The second-order valence-corrected chi connectivity index (χ2v) is 14.7. The zero-order valence-corrected chi connectivity index (χ0v) is 30.2. The van der Waals surface area contributed by atoms with Crippen LogP contribution >= 0.6 is 11.6 Å². The van der Waals surface area contributed by atoms with Crippen molar-refractivity contribution in [1.82, 2.24) is 24.9 Å². The van der Waals surface area contributed by atoms with Crippen LogP contribution in [0.2, 0.25) is 5.02 Å². The fourth-order valence-corrected chi connectivity index (χ4v) is 9.03. The van der Waals surface area contributed by atoms with Gasteiger partial charge in [0.25, 0.3) is 0 Å². The zero-order chi connectivity index (χ0) is 36.9. The Morgan fingerprint density at radius 2 is 1.65 bits per heavy atom. The molecular formula is C41H39BClFN6O4. The quantitative estimate of drug-likeness (QED) is 0.147. The molecule has 54 heavy (non-hydrogen) atoms. The van der Waals surface area contributed by atoms with E-state index < -0.39 is 24.4 Å². The van der Waals surface area contributed by atoms with E-state index in [1.165, 1.54) is 6.07 Å². The summed E-state index contributed by atoms with van der Waals surface area (Å²) >= 11 is 6.75. The number of nitrogens with one attached hydrogen (secondary N) is 1. The first kappa shape index (κ1) is 34.6. The molecule has 0 bridgehead atoms. The highest BCUT2D eigenvalue weighted by molar-refractivity contribution is 6.62. The molecule has 5 heterocycles. The number of alkyl halides is 1. The minimum Gasteiger partial charge on any atom is -0.462 e. The second kappa shape index (κ2) is 13.9. The van der Waals surface area contributed by atoms with Gasteiger partial charge in [-0.05, 0) is 48.2 Å². The van der Waals surface area contributed by atoms with Crippen LogP contribution in [0.15, 0.2) is 126 Å². The van der Waals surface area contributed by atoms with Crippen LogP contribution in [0, 0.1) is 0 Å². The minimum atomic E-state index is -1.85. The molecule has 9 rings (SSSR count). The minimum absolute atomic E-state index is 0.0673. The highest BCUT2D eigenvalue weighted by Crippen LogP contribution is 2.42. The normalized spacial score (nSPS) is 20.6. The van der Waals surface area contributed by atoms with Crippen LogP contribution in [0.1, 0.15) is 41.6 Å². The van der Waals surface area contributed by atoms with Crippen molar-refractivity contribution >= 4 is 30.0 Å². The summed E-state index contributed by atoms with van der Waals surface area (Å²) in [5.74, 6) is 1.13. The number of rotatable bonds is 10. The van der Waals surface area contributed by atoms with Gasteiger partial charge in [0.2, 0.25) is 0 Å². The lowest BCUT2D eigenvalue weighted by Crippen LogP contribution is -2.47. The Morgan fingerprint density at radius 1 is 0.981 bits per heavy atom. The van der Waals surface area contributed by atoms with Crippen molar-refractivity contribution in [3.63, 3.8) is 0 Å². The first-order chi connectivity index (χ1) is 26.4. The van der Waals surface area contributed by atoms with Crippen molar-refractivity contribution in [3.05, 3.63) is 159 Å². The standard InChI is InChI=1S/C41H39BClFN6O4/c43-37-33(42(51)52)21-34-36-38(37)45-27-46-39(36)48(25-35(54-34)53-26-40-18-10-19-49(40)23-31(44)22-40)24-32-17-20-50(47-32)41(28-11-4-1-5-12-28,29-13-6-2-7-14-29)30-15-8-3-9-16-30/h1-9,11-17,20-21,25,31,46,51-52H,10,18-19,22-24,26-27H2/t31-,40+/m1/s1. The van der Waals surface area contributed by atoms with E-state index >= 15 is 0 Å². The Labute approximate surface area is 317 Å². The Hall–Kier alpha value is -5.14. The van der Waals surface area contributed by atoms with Crippen LogP contribution in [-0.4, -0.2) is 74.8 Å². The van der Waals surface area contributed by atoms with Crippen LogP contribution in [-0.2, 0) is 16.8 Å². The van der Waals surface area contributed by atoms with Crippen LogP contribution in [0.5, 0.6) is 5.75 Å². The lowest BCUT2D eigenvalue weighted by Gasteiger charge is -2.36. The summed E-state index contributed by atoms with van der Waals surface area (Å²) in [4.78, 5) is 8.76. The van der Waals surface area contributed by atoms with Crippen LogP contribution < -0.4 is 26.1 Å². The SMILES string of the molecule is OB(O)c1cc2c3c(c1Cl)=NCNC=3N(Cc1ccn(C(c3ccccc3)(c3ccccc3)c3ccccc3)n1)C=C(OC[C@@]13CCCN1C[C@H](F)C3)O2. The monoisotopic (exact) mass is 744 g/mol. The Balaban J connectivity index is 1.16. The first-order valence-electron chi connectivity index (χ1n) is 18.3. The van der Waals surface area contributed by atoms with Gasteiger partial charge in [-0.25, -0.2) is 4.39 Å². The Morgan fingerprint density at radius 3 is 2.30 bits per heavy atom. The van der Waals surface area contributed by atoms with E-state index in [1.807, 2.05) is 76.4 Å². The zero-order valence-electron chi connectivity index (χ0n) is 29.5. The molecule has 2 fully saturated rings. The highest BCUT2D eigenvalue weighted by atomic mass is 35.5. The van der Waals surface area contributed by atoms with E-state index in [4.69, 9.17) is 26.2 Å². The summed E-state index contributed by atoms with van der Waals surface area (Å²) in [5, 5.41) is 30.2. The van der Waals surface area contributed by atoms with Gasteiger partial charge in [0, 0.05) is 24.6 Å². The Bertz CT molecular complexity index is 2230. The van der Waals surface area contributed by atoms with Crippen molar-refractivity contribution in [1.29, 1.82) is 0 Å². The van der Waals surface area contributed by atoms with Gasteiger partial charge in [0.15, 0.2) is 0 Å². The first-order valence-corrected chi connectivity index (χ1v) is 18.6. The molecule has 4 aliphatic heterocycles. The molecule has 10 nitrogen and oxygen atoms in total. The van der Waals surface area contributed by atoms with Gasteiger partial charge >= 0.3 is 13.1 Å². The third-order valence-electron chi connectivity index (χ3n) is 11.1. The van der Waals surface area contributed by atoms with E-state index in [9.17, 15) is 14.4 Å². The summed E-state index contributed by atoms with van der Waals surface area (Å²) in [5.41, 5.74) is 2.78. The van der Waals surface area contributed by atoms with Gasteiger partial charge in [0.05, 0.1) is 39.6 Å². The lowest BCUT2D eigenvalue weighted by atomic mass is 9.77. The molecule has 13 heteroatoms. The van der Waals surface area contributed by atoms with Crippen molar-refractivity contribution in [2.24, 2.45) is 4.99 Å². The molecule has 0 spiro atoms. The molecule has 3 N–H and O–H groups in total. The highest BCUT2D eigenvalue weighted by Gasteiger charge is 2.49. The smallest absolute Gasteiger partial charge is 0.462 e. The number of halogens is 2. The average Bonchev–Trinajstić information content (AvgIpc) is 3.87. The van der Waals surface area contributed by atoms with E-state index in [1.54, 1.807) is 6.20 Å². The fourth-order valence-electron chi connectivity index (χ4n) is 8.73. The van der Waals surface area contributed by atoms with Crippen LogP contribution in [0.25, 0.3) is 5.82 Å². The van der Waals surface area contributed by atoms with E-state index in [0.29, 0.717) is 41.7 Å². The topological polar surface area (TPSA) is 108 Å². The third-order valence-corrected chi connectivity index (χ3v) is 11.5. The summed E-state index contributed by atoms with van der Waals surface area (Å²) < 4.78 is 29.6. The van der Waals surface area contributed by atoms with Crippen molar-refractivity contribution in [2.45, 2.75) is 43.1 Å². The fraction of sp³-hybridized carbons (Fsp3) is 0.268. The molecule has 1 aromatic heterocycles. The largest absolute Gasteiger partial charge is 0.490 e. The molecule has 0 saturated carbocycles. The number of fused-ring (bicyclic) bond motifs is 1. The number of benzene rings is 4. The van der Waals surface area contributed by atoms with Gasteiger partial charge < -0.3 is 29.7 Å². The van der Waals surface area contributed by atoms with Gasteiger partial charge in [-0.15, -0.1) is 0 Å². The lowest BCUT2D eigenvalue weighted by molar-refractivity contribution is 0.0266. The number of nitrogens with zero attached hydrogens (tertiary/aromatic N) is 5. The maximum absolute atomic E-state index is 14.7. The summed E-state index contributed by atoms with van der Waals surface area (Å²) in [6.45, 7) is 1.97. The number of ether oxygens (including phenoxy) is 2. The Kier molecular flexibility index (Phi) is 8.93. The molecule has 4 aliphatic rings. The van der Waals surface area contributed by atoms with Gasteiger partial charge in [-0.3, -0.25) is 14.6 Å². The number of hydrogen-bond acceptors (Lipinski definition) is 9. The van der Waals surface area contributed by atoms with Crippen LogP contribution in [0.4, 0.5) is 4.39 Å². The van der Waals surface area contributed by atoms with Gasteiger partial charge in [0.1, 0.15) is 36.6 Å². The van der Waals surface area contributed by atoms with Gasteiger partial charge in [-0.2, -0.15) is 5.10 Å². The summed E-state index contributed by atoms with van der Waals surface area (Å²) in [6, 6.07) is 34.6. The predicted octanol–water partition coefficient (Wildman–Crippen LogP) is 3.59. The molecule has 0 amide bonds. The number of hydrogen-bond donors (Lipinski definition) is 3. The molecule has 0 unspecified atom stereocenters. The number of aromatic nitrogens is 2. The van der Waals surface area contributed by atoms with Gasteiger partial charge in [-0.1, -0.05) is 103 Å². The molecule has 5 aromatic rings. The molecule has 4 aromatic carbocycles. The molecular weight excluding hydrogens is 706 g/mol. The van der Waals surface area contributed by atoms with Crippen molar-refractivity contribution in [3.8, 4) is 5.75 Å². The molecule has 0 aliphatic carbocycles. The molecule has 0 radical (unpaired) electrons. The van der Waals surface area contributed by atoms with E-state index in [-0.39, 0.29) is 29.7 Å². The van der Waals surface area contributed by atoms with E-state index in [2.05, 4.69) is 51.6 Å². The van der Waals surface area contributed by atoms with E-state index in [0.717, 1.165) is 41.8 Å². The predicted molar refractivity (Wildman–Crippen MR) is 204 cm³/mol. The average molecular weight is 745 g/mol. The summed E-state index contributed by atoms with van der Waals surface area (Å²) in [7, 11) is -1.85. The van der Waals surface area contributed by atoms with Crippen molar-refractivity contribution < 1.29 is 23.9 Å². The maximum Gasteiger partial charge on any atom is 0.490 e. The summed E-state index contributed by atoms with van der Waals surface area (Å²) in [6.07, 6.45) is 5.10. The van der Waals surface area contributed by atoms with Crippen LogP contribution in [0.3, 0.4) is 0 Å². The third kappa shape index (κ3) is 5.85. The van der Waals surface area contributed by atoms with Crippen molar-refractivity contribution in [2.75, 3.05) is 26.4 Å². The molecule has 2 saturated heterocycles. The molecule has 274 valence electrons. The maximum atomic E-state index is 14.7. The second-order valence-electron chi connectivity index (χ2n) is 14.3.